The number of aryl methyl sites for hydroxylation is 1. The quantitative estimate of drug-likeness (QED) is 0.608. The number of benzene rings is 2. The Morgan fingerprint density at radius 1 is 1.15 bits per heavy atom. The van der Waals surface area contributed by atoms with E-state index in [0.29, 0.717) is 23.6 Å². The molecule has 0 saturated carbocycles. The van der Waals surface area contributed by atoms with Crippen LogP contribution in [0.25, 0.3) is 0 Å². The van der Waals surface area contributed by atoms with Gasteiger partial charge in [0.25, 0.3) is 5.91 Å². The van der Waals surface area contributed by atoms with E-state index in [1.54, 1.807) is 36.0 Å². The van der Waals surface area contributed by atoms with Gasteiger partial charge in [0.15, 0.2) is 5.16 Å². The molecule has 3 aromatic rings. The highest BCUT2D eigenvalue weighted by atomic mass is 35.5. The average molecular weight is 401 g/mol. The topological polar surface area (TPSA) is 59.8 Å². The molecule has 0 spiro atoms. The number of carbonyl (C=O) groups is 1. The summed E-state index contributed by atoms with van der Waals surface area (Å²) in [6, 6.07) is 15.2. The Bertz CT molecular complexity index is 924. The molecule has 1 amide bonds. The predicted molar refractivity (Wildman–Crippen MR) is 109 cm³/mol. The van der Waals surface area contributed by atoms with Crippen molar-refractivity contribution in [1.29, 1.82) is 0 Å². The monoisotopic (exact) mass is 400 g/mol. The summed E-state index contributed by atoms with van der Waals surface area (Å²) >= 11 is 7.50. The second-order valence-electron chi connectivity index (χ2n) is 6.19. The molecule has 2 aromatic carbocycles. The Hall–Kier alpha value is -2.31. The van der Waals surface area contributed by atoms with Crippen LogP contribution in [-0.4, -0.2) is 27.2 Å². The Morgan fingerprint density at radius 2 is 1.89 bits per heavy atom. The summed E-state index contributed by atoms with van der Waals surface area (Å²) in [5, 5.41) is 12.9. The molecule has 0 aliphatic carbocycles. The molecule has 0 aliphatic heterocycles. The largest absolute Gasteiger partial charge is 0.352 e. The third-order valence-electron chi connectivity index (χ3n) is 4.28. The standard InChI is InChI=1S/C20H21ClN4OS/c1-14-5-3-4-6-16(14)13-27-20-24-23-18(25(20)2)11-12-22-19(26)15-7-9-17(21)10-8-15/h3-10H,11-13H2,1-2H3,(H,22,26). The first-order chi connectivity index (χ1) is 13.0. The summed E-state index contributed by atoms with van der Waals surface area (Å²) in [5.74, 6) is 1.58. The van der Waals surface area contributed by atoms with Gasteiger partial charge < -0.3 is 9.88 Å². The van der Waals surface area contributed by atoms with Crippen LogP contribution in [0.4, 0.5) is 0 Å². The van der Waals surface area contributed by atoms with Gasteiger partial charge in [0.05, 0.1) is 0 Å². The van der Waals surface area contributed by atoms with Gasteiger partial charge in [0, 0.05) is 36.4 Å². The van der Waals surface area contributed by atoms with Crippen molar-refractivity contribution in [3.05, 3.63) is 76.1 Å². The second kappa shape index (κ2) is 9.06. The van der Waals surface area contributed by atoms with Crippen LogP contribution in [0.2, 0.25) is 5.02 Å². The molecule has 3 rings (SSSR count). The first-order valence-electron chi connectivity index (χ1n) is 8.64. The summed E-state index contributed by atoms with van der Waals surface area (Å²) in [5.41, 5.74) is 3.16. The molecule has 27 heavy (non-hydrogen) atoms. The van der Waals surface area contributed by atoms with E-state index in [9.17, 15) is 4.79 Å². The molecule has 1 aromatic heterocycles. The van der Waals surface area contributed by atoms with Gasteiger partial charge in [-0.1, -0.05) is 47.6 Å². The van der Waals surface area contributed by atoms with Crippen molar-refractivity contribution in [1.82, 2.24) is 20.1 Å². The number of hydrogen-bond donors (Lipinski definition) is 1. The van der Waals surface area contributed by atoms with Gasteiger partial charge in [-0.3, -0.25) is 4.79 Å². The number of halogens is 1. The molecule has 0 atom stereocenters. The molecule has 0 radical (unpaired) electrons. The number of hydrogen-bond acceptors (Lipinski definition) is 4. The summed E-state index contributed by atoms with van der Waals surface area (Å²) in [6.07, 6.45) is 0.619. The third-order valence-corrected chi connectivity index (χ3v) is 5.60. The Labute approximate surface area is 168 Å². The molecule has 0 aliphatic rings. The van der Waals surface area contributed by atoms with Gasteiger partial charge in [0.1, 0.15) is 5.82 Å². The van der Waals surface area contributed by atoms with Crippen LogP contribution in [0, 0.1) is 6.92 Å². The van der Waals surface area contributed by atoms with Crippen LogP contribution in [0.5, 0.6) is 0 Å². The maximum absolute atomic E-state index is 12.1. The fourth-order valence-corrected chi connectivity index (χ4v) is 3.73. The average Bonchev–Trinajstić information content (AvgIpc) is 3.01. The van der Waals surface area contributed by atoms with Crippen LogP contribution in [-0.2, 0) is 19.2 Å². The number of carbonyl (C=O) groups excluding carboxylic acids is 1. The summed E-state index contributed by atoms with van der Waals surface area (Å²) in [4.78, 5) is 12.1. The van der Waals surface area contributed by atoms with Gasteiger partial charge in [-0.2, -0.15) is 0 Å². The van der Waals surface area contributed by atoms with Crippen molar-refractivity contribution in [3.8, 4) is 0 Å². The van der Waals surface area contributed by atoms with Crippen molar-refractivity contribution in [2.45, 2.75) is 24.3 Å². The minimum atomic E-state index is -0.122. The minimum absolute atomic E-state index is 0.122. The second-order valence-corrected chi connectivity index (χ2v) is 7.56. The highest BCUT2D eigenvalue weighted by Gasteiger charge is 2.11. The van der Waals surface area contributed by atoms with Crippen molar-refractivity contribution in [2.24, 2.45) is 7.05 Å². The normalized spacial score (nSPS) is 10.8. The number of rotatable bonds is 7. The van der Waals surface area contributed by atoms with E-state index in [1.807, 2.05) is 23.7 Å². The van der Waals surface area contributed by atoms with E-state index in [0.717, 1.165) is 16.7 Å². The molecule has 5 nitrogen and oxygen atoms in total. The highest BCUT2D eigenvalue weighted by molar-refractivity contribution is 7.98. The van der Waals surface area contributed by atoms with Gasteiger partial charge >= 0.3 is 0 Å². The summed E-state index contributed by atoms with van der Waals surface area (Å²) in [7, 11) is 1.95. The van der Waals surface area contributed by atoms with Gasteiger partial charge in [-0.25, -0.2) is 0 Å². The first-order valence-corrected chi connectivity index (χ1v) is 10.0. The number of amides is 1. The van der Waals surface area contributed by atoms with E-state index in [4.69, 9.17) is 11.6 Å². The molecule has 7 heteroatoms. The zero-order valence-electron chi connectivity index (χ0n) is 15.3. The molecule has 140 valence electrons. The lowest BCUT2D eigenvalue weighted by atomic mass is 10.1. The Balaban J connectivity index is 1.52. The van der Waals surface area contributed by atoms with Crippen molar-refractivity contribution < 1.29 is 4.79 Å². The minimum Gasteiger partial charge on any atom is -0.352 e. The van der Waals surface area contributed by atoms with Crippen LogP contribution >= 0.6 is 23.4 Å². The summed E-state index contributed by atoms with van der Waals surface area (Å²) < 4.78 is 1.98. The van der Waals surface area contributed by atoms with Gasteiger partial charge in [-0.15, -0.1) is 10.2 Å². The maximum Gasteiger partial charge on any atom is 0.251 e. The number of nitrogens with zero attached hydrogens (tertiary/aromatic N) is 3. The zero-order valence-corrected chi connectivity index (χ0v) is 16.8. The molecule has 0 saturated heterocycles. The molecule has 0 fully saturated rings. The van der Waals surface area contributed by atoms with Crippen molar-refractivity contribution in [3.63, 3.8) is 0 Å². The molecule has 0 bridgehead atoms. The lowest BCUT2D eigenvalue weighted by Crippen LogP contribution is -2.26. The van der Waals surface area contributed by atoms with E-state index >= 15 is 0 Å². The molecule has 1 heterocycles. The number of thioether (sulfide) groups is 1. The van der Waals surface area contributed by atoms with Gasteiger partial charge in [-0.05, 0) is 42.3 Å². The molecule has 0 unspecified atom stereocenters. The van der Waals surface area contributed by atoms with Crippen molar-refractivity contribution in [2.75, 3.05) is 6.54 Å². The molecular formula is C20H21ClN4OS. The SMILES string of the molecule is Cc1ccccc1CSc1nnc(CCNC(=O)c2ccc(Cl)cc2)n1C. The van der Waals surface area contributed by atoms with E-state index < -0.39 is 0 Å². The fraction of sp³-hybridized carbons (Fsp3) is 0.250. The lowest BCUT2D eigenvalue weighted by Gasteiger charge is -2.07. The van der Waals surface area contributed by atoms with Crippen LogP contribution in [0.1, 0.15) is 27.3 Å². The van der Waals surface area contributed by atoms with Crippen LogP contribution in [0.3, 0.4) is 0 Å². The Kier molecular flexibility index (Phi) is 6.53. The van der Waals surface area contributed by atoms with Crippen LogP contribution < -0.4 is 5.32 Å². The van der Waals surface area contributed by atoms with Gasteiger partial charge in [0.2, 0.25) is 0 Å². The highest BCUT2D eigenvalue weighted by Crippen LogP contribution is 2.22. The lowest BCUT2D eigenvalue weighted by molar-refractivity contribution is 0.0954. The first kappa shape index (κ1) is 19.5. The van der Waals surface area contributed by atoms with Crippen molar-refractivity contribution >= 4 is 29.3 Å². The number of nitrogens with one attached hydrogen (secondary N) is 1. The zero-order chi connectivity index (χ0) is 19.2. The molecular weight excluding hydrogens is 380 g/mol. The smallest absolute Gasteiger partial charge is 0.251 e. The molecule has 1 N–H and O–H groups in total. The fourth-order valence-electron chi connectivity index (χ4n) is 2.59. The third kappa shape index (κ3) is 5.11. The van der Waals surface area contributed by atoms with E-state index in [-0.39, 0.29) is 5.91 Å². The Morgan fingerprint density at radius 3 is 2.63 bits per heavy atom. The van der Waals surface area contributed by atoms with E-state index in [2.05, 4.69) is 34.6 Å². The van der Waals surface area contributed by atoms with Crippen LogP contribution in [0.15, 0.2) is 53.7 Å². The van der Waals surface area contributed by atoms with E-state index in [1.165, 1.54) is 11.1 Å². The number of aromatic nitrogens is 3. The maximum atomic E-state index is 12.1. The predicted octanol–water partition coefficient (Wildman–Crippen LogP) is 4.04. The summed E-state index contributed by atoms with van der Waals surface area (Å²) in [6.45, 7) is 2.61.